The summed E-state index contributed by atoms with van der Waals surface area (Å²) in [6, 6.07) is 9.81. The average molecular weight is 273 g/mol. The van der Waals surface area contributed by atoms with Crippen molar-refractivity contribution in [2.45, 2.75) is 18.5 Å². The Balaban J connectivity index is 2.19. The Morgan fingerprint density at radius 3 is 2.79 bits per heavy atom. The zero-order valence-corrected chi connectivity index (χ0v) is 11.7. The van der Waals surface area contributed by atoms with Crippen molar-refractivity contribution in [3.05, 3.63) is 42.2 Å². The third kappa shape index (κ3) is 3.75. The standard InChI is InChI=1S/C13H15N5S/c1-3-11(12-9-14-18-13(15-12)19-2)17-16-10-7-5-4-6-8-10/h4-9,16H,3H2,1-2H3/b17-11+. The number of nitrogens with zero attached hydrogens (tertiary/aromatic N) is 4. The first-order valence-corrected chi connectivity index (χ1v) is 7.17. The molecule has 0 radical (unpaired) electrons. The van der Waals surface area contributed by atoms with Gasteiger partial charge < -0.3 is 0 Å². The smallest absolute Gasteiger partial charge is 0.209 e. The fourth-order valence-electron chi connectivity index (χ4n) is 1.47. The van der Waals surface area contributed by atoms with Crippen molar-refractivity contribution in [3.63, 3.8) is 0 Å². The van der Waals surface area contributed by atoms with Gasteiger partial charge in [-0.15, -0.1) is 5.10 Å². The summed E-state index contributed by atoms with van der Waals surface area (Å²) < 4.78 is 0. The highest BCUT2D eigenvalue weighted by Gasteiger charge is 2.06. The molecule has 0 saturated heterocycles. The average Bonchev–Trinajstić information content (AvgIpc) is 2.49. The predicted molar refractivity (Wildman–Crippen MR) is 78.5 cm³/mol. The third-order valence-electron chi connectivity index (χ3n) is 2.45. The number of thioether (sulfide) groups is 1. The maximum Gasteiger partial charge on any atom is 0.209 e. The molecular formula is C13H15N5S. The summed E-state index contributed by atoms with van der Waals surface area (Å²) in [6.45, 7) is 2.03. The largest absolute Gasteiger partial charge is 0.278 e. The number of rotatable bonds is 5. The lowest BCUT2D eigenvalue weighted by Gasteiger charge is -2.05. The Kier molecular flexibility index (Phi) is 4.85. The second kappa shape index (κ2) is 6.84. The molecule has 0 saturated carbocycles. The van der Waals surface area contributed by atoms with Crippen LogP contribution in [0.3, 0.4) is 0 Å². The highest BCUT2D eigenvalue weighted by atomic mass is 32.2. The minimum atomic E-state index is 0.651. The summed E-state index contributed by atoms with van der Waals surface area (Å²) in [4.78, 5) is 4.39. The molecular weight excluding hydrogens is 258 g/mol. The van der Waals surface area contributed by atoms with E-state index in [2.05, 4.69) is 25.7 Å². The van der Waals surface area contributed by atoms with E-state index in [-0.39, 0.29) is 0 Å². The van der Waals surface area contributed by atoms with Crippen molar-refractivity contribution in [3.8, 4) is 0 Å². The molecule has 1 aromatic carbocycles. The van der Waals surface area contributed by atoms with Gasteiger partial charge in [-0.05, 0) is 24.8 Å². The van der Waals surface area contributed by atoms with Gasteiger partial charge in [-0.3, -0.25) is 5.43 Å². The first-order chi connectivity index (χ1) is 9.33. The maximum absolute atomic E-state index is 4.39. The van der Waals surface area contributed by atoms with Crippen molar-refractivity contribution >= 4 is 23.2 Å². The van der Waals surface area contributed by atoms with Crippen LogP contribution in [0.1, 0.15) is 19.0 Å². The van der Waals surface area contributed by atoms with Crippen molar-refractivity contribution in [1.29, 1.82) is 0 Å². The Bertz CT molecular complexity index is 556. The lowest BCUT2D eigenvalue weighted by molar-refractivity contribution is 0.831. The van der Waals surface area contributed by atoms with Crippen LogP contribution >= 0.6 is 11.8 Å². The normalized spacial score (nSPS) is 11.4. The molecule has 0 aliphatic carbocycles. The number of hydrogen-bond donors (Lipinski definition) is 1. The van der Waals surface area contributed by atoms with Crippen LogP contribution in [-0.2, 0) is 0 Å². The summed E-state index contributed by atoms with van der Waals surface area (Å²) in [5.74, 6) is 0. The van der Waals surface area contributed by atoms with Gasteiger partial charge in [0.1, 0.15) is 5.69 Å². The van der Waals surface area contributed by atoms with E-state index in [0.29, 0.717) is 5.16 Å². The number of benzene rings is 1. The molecule has 0 bridgehead atoms. The Labute approximate surface area is 116 Å². The highest BCUT2D eigenvalue weighted by molar-refractivity contribution is 7.98. The van der Waals surface area contributed by atoms with Gasteiger partial charge in [0.15, 0.2) is 0 Å². The molecule has 1 heterocycles. The number of nitrogens with one attached hydrogen (secondary N) is 1. The van der Waals surface area contributed by atoms with Crippen molar-refractivity contribution in [2.24, 2.45) is 5.10 Å². The van der Waals surface area contributed by atoms with E-state index < -0.39 is 0 Å². The van der Waals surface area contributed by atoms with Gasteiger partial charge in [-0.25, -0.2) is 4.98 Å². The minimum Gasteiger partial charge on any atom is -0.278 e. The van der Waals surface area contributed by atoms with Crippen LogP contribution in [-0.4, -0.2) is 27.1 Å². The second-order valence-electron chi connectivity index (χ2n) is 3.72. The van der Waals surface area contributed by atoms with Crippen LogP contribution in [0.15, 0.2) is 46.8 Å². The third-order valence-corrected chi connectivity index (χ3v) is 2.98. The zero-order valence-electron chi connectivity index (χ0n) is 10.9. The first-order valence-electron chi connectivity index (χ1n) is 5.95. The van der Waals surface area contributed by atoms with Gasteiger partial charge in [0.05, 0.1) is 17.6 Å². The van der Waals surface area contributed by atoms with Gasteiger partial charge in [-0.2, -0.15) is 10.2 Å². The molecule has 2 aromatic rings. The summed E-state index contributed by atoms with van der Waals surface area (Å²) in [7, 11) is 0. The van der Waals surface area contributed by atoms with Crippen LogP contribution in [0.25, 0.3) is 0 Å². The molecule has 1 aromatic heterocycles. The summed E-state index contributed by atoms with van der Waals surface area (Å²) in [6.07, 6.45) is 4.33. The number of anilines is 1. The van der Waals surface area contributed by atoms with Crippen LogP contribution < -0.4 is 5.43 Å². The lowest BCUT2D eigenvalue weighted by atomic mass is 10.2. The van der Waals surface area contributed by atoms with E-state index in [9.17, 15) is 0 Å². The number of aromatic nitrogens is 3. The maximum atomic E-state index is 4.39. The van der Waals surface area contributed by atoms with Crippen molar-refractivity contribution in [2.75, 3.05) is 11.7 Å². The molecule has 0 amide bonds. The van der Waals surface area contributed by atoms with Gasteiger partial charge in [0.2, 0.25) is 5.16 Å². The van der Waals surface area contributed by atoms with Gasteiger partial charge >= 0.3 is 0 Å². The second-order valence-corrected chi connectivity index (χ2v) is 4.49. The highest BCUT2D eigenvalue weighted by Crippen LogP contribution is 2.09. The van der Waals surface area contributed by atoms with Crippen LogP contribution in [0, 0.1) is 0 Å². The molecule has 5 nitrogen and oxygen atoms in total. The van der Waals surface area contributed by atoms with Crippen LogP contribution in [0.5, 0.6) is 0 Å². The fraction of sp³-hybridized carbons (Fsp3) is 0.231. The quantitative estimate of drug-likeness (QED) is 0.515. The molecule has 0 atom stereocenters. The Morgan fingerprint density at radius 1 is 1.32 bits per heavy atom. The first kappa shape index (κ1) is 13.5. The summed E-state index contributed by atoms with van der Waals surface area (Å²) >= 11 is 1.47. The van der Waals surface area contributed by atoms with Gasteiger partial charge in [0, 0.05) is 0 Å². The number of para-hydroxylation sites is 1. The molecule has 0 spiro atoms. The molecule has 0 fully saturated rings. The molecule has 2 rings (SSSR count). The monoisotopic (exact) mass is 273 g/mol. The number of hydrazone groups is 1. The van der Waals surface area contributed by atoms with Crippen LogP contribution in [0.2, 0.25) is 0 Å². The summed E-state index contributed by atoms with van der Waals surface area (Å²) in [5, 5.41) is 12.9. The molecule has 98 valence electrons. The van der Waals surface area contributed by atoms with E-state index in [1.807, 2.05) is 43.5 Å². The van der Waals surface area contributed by atoms with E-state index in [4.69, 9.17) is 0 Å². The number of hydrogen-bond acceptors (Lipinski definition) is 6. The molecule has 0 aliphatic heterocycles. The molecule has 0 aliphatic rings. The summed E-state index contributed by atoms with van der Waals surface area (Å²) in [5.41, 5.74) is 5.58. The van der Waals surface area contributed by atoms with Crippen molar-refractivity contribution < 1.29 is 0 Å². The SMILES string of the molecule is CC/C(=N\Nc1ccccc1)c1cnnc(SC)n1. The Morgan fingerprint density at radius 2 is 2.11 bits per heavy atom. The van der Waals surface area contributed by atoms with E-state index in [0.717, 1.165) is 23.5 Å². The van der Waals surface area contributed by atoms with Gasteiger partial charge in [-0.1, -0.05) is 36.9 Å². The fourth-order valence-corrected chi connectivity index (χ4v) is 1.79. The predicted octanol–water partition coefficient (Wildman–Crippen LogP) is 2.82. The molecule has 6 heteroatoms. The van der Waals surface area contributed by atoms with Crippen molar-refractivity contribution in [1.82, 2.24) is 15.2 Å². The van der Waals surface area contributed by atoms with Gasteiger partial charge in [0.25, 0.3) is 0 Å². The van der Waals surface area contributed by atoms with Crippen LogP contribution in [0.4, 0.5) is 5.69 Å². The Hall–Kier alpha value is -1.95. The molecule has 19 heavy (non-hydrogen) atoms. The van der Waals surface area contributed by atoms with E-state index in [1.54, 1.807) is 6.20 Å². The van der Waals surface area contributed by atoms with E-state index >= 15 is 0 Å². The molecule has 1 N–H and O–H groups in total. The van der Waals surface area contributed by atoms with E-state index in [1.165, 1.54) is 11.8 Å². The minimum absolute atomic E-state index is 0.651. The molecule has 0 unspecified atom stereocenters. The topological polar surface area (TPSA) is 63.1 Å². The lowest BCUT2D eigenvalue weighted by Crippen LogP contribution is -2.08. The zero-order chi connectivity index (χ0) is 13.5.